The lowest BCUT2D eigenvalue weighted by Gasteiger charge is -2.33. The van der Waals surface area contributed by atoms with Crippen molar-refractivity contribution in [3.8, 4) is 0 Å². The Morgan fingerprint density at radius 3 is 2.15 bits per heavy atom. The van der Waals surface area contributed by atoms with E-state index in [9.17, 15) is 14.4 Å². The summed E-state index contributed by atoms with van der Waals surface area (Å²) >= 11 is 0. The normalized spacial score (nSPS) is 18.3. The summed E-state index contributed by atoms with van der Waals surface area (Å²) in [6, 6.07) is 6.32. The summed E-state index contributed by atoms with van der Waals surface area (Å²) in [6.07, 6.45) is 0.777. The van der Waals surface area contributed by atoms with Gasteiger partial charge in [-0.05, 0) is 51.7 Å². The molecule has 0 saturated carbocycles. The van der Waals surface area contributed by atoms with Crippen LogP contribution in [-0.2, 0) is 9.59 Å². The van der Waals surface area contributed by atoms with Gasteiger partial charge in [0, 0.05) is 11.2 Å². The van der Waals surface area contributed by atoms with Gasteiger partial charge in [-0.1, -0.05) is 38.5 Å². The van der Waals surface area contributed by atoms with Gasteiger partial charge in [-0.15, -0.1) is 0 Å². The number of carbonyl (C=O) groups is 3. The molecule has 1 aliphatic heterocycles. The Bertz CT molecular complexity index is 732. The third kappa shape index (κ3) is 5.08. The Kier molecular flexibility index (Phi) is 5.68. The van der Waals surface area contributed by atoms with Gasteiger partial charge in [-0.25, -0.2) is 4.79 Å². The third-order valence-corrected chi connectivity index (χ3v) is 4.51. The van der Waals surface area contributed by atoms with Crippen LogP contribution in [0.3, 0.4) is 0 Å². The largest absolute Gasteiger partial charge is 0.350 e. The molecule has 1 saturated heterocycles. The molecule has 1 N–H and O–H groups in total. The summed E-state index contributed by atoms with van der Waals surface area (Å²) in [5, 5.41) is 2.95. The molecule has 1 atom stereocenters. The first-order valence-electron chi connectivity index (χ1n) is 9.33. The second-order valence-corrected chi connectivity index (χ2v) is 9.26. The van der Waals surface area contributed by atoms with Gasteiger partial charge in [0.15, 0.2) is 0 Å². The molecular formula is C21H31N3O3. The fourth-order valence-electron chi connectivity index (χ4n) is 3.84. The minimum atomic E-state index is -0.629. The summed E-state index contributed by atoms with van der Waals surface area (Å²) in [5.74, 6) is -0.687. The molecule has 0 unspecified atom stereocenters. The number of benzene rings is 1. The molecule has 0 spiro atoms. The maximum atomic E-state index is 12.8. The number of anilines is 1. The fraction of sp³-hybridized carbons (Fsp3) is 0.571. The number of aryl methyl sites for hydroxylation is 1. The average Bonchev–Trinajstić information content (AvgIpc) is 2.69. The standard InChI is InChI=1S/C21H31N3O3/c1-14-8-10-16(11-9-14)24-15(2)18(26)23(19(24)27)12-17(25)22-21(6,7)13-20(3,4)5/h8-11,15H,12-13H2,1-7H3,(H,22,25)/t15-/m0/s1. The van der Waals surface area contributed by atoms with E-state index in [4.69, 9.17) is 0 Å². The van der Waals surface area contributed by atoms with E-state index in [1.165, 1.54) is 4.90 Å². The van der Waals surface area contributed by atoms with Crippen molar-refractivity contribution in [2.75, 3.05) is 11.4 Å². The third-order valence-electron chi connectivity index (χ3n) is 4.51. The molecule has 0 radical (unpaired) electrons. The maximum absolute atomic E-state index is 12.8. The van der Waals surface area contributed by atoms with Gasteiger partial charge in [-0.2, -0.15) is 0 Å². The molecule has 0 aliphatic carbocycles. The molecule has 2 rings (SSSR count). The number of rotatable bonds is 5. The van der Waals surface area contributed by atoms with Crippen LogP contribution in [0.15, 0.2) is 24.3 Å². The van der Waals surface area contributed by atoms with Gasteiger partial charge in [0.2, 0.25) is 5.91 Å². The monoisotopic (exact) mass is 373 g/mol. The van der Waals surface area contributed by atoms with Crippen LogP contribution in [0.1, 0.15) is 53.5 Å². The van der Waals surface area contributed by atoms with Crippen LogP contribution in [0, 0.1) is 12.3 Å². The molecule has 1 aliphatic rings. The van der Waals surface area contributed by atoms with Crippen molar-refractivity contribution in [2.24, 2.45) is 5.41 Å². The zero-order valence-electron chi connectivity index (χ0n) is 17.4. The molecule has 6 nitrogen and oxygen atoms in total. The zero-order valence-corrected chi connectivity index (χ0v) is 17.4. The van der Waals surface area contributed by atoms with E-state index >= 15 is 0 Å². The van der Waals surface area contributed by atoms with E-state index in [1.807, 2.05) is 45.0 Å². The Morgan fingerprint density at radius 2 is 1.63 bits per heavy atom. The molecule has 1 heterocycles. The Morgan fingerprint density at radius 1 is 1.07 bits per heavy atom. The van der Waals surface area contributed by atoms with E-state index in [2.05, 4.69) is 26.1 Å². The van der Waals surface area contributed by atoms with Crippen LogP contribution in [0.2, 0.25) is 0 Å². The lowest BCUT2D eigenvalue weighted by Crippen LogP contribution is -2.50. The van der Waals surface area contributed by atoms with Crippen molar-refractivity contribution in [2.45, 2.75) is 66.5 Å². The number of nitrogens with zero attached hydrogens (tertiary/aromatic N) is 2. The van der Waals surface area contributed by atoms with Crippen LogP contribution in [0.25, 0.3) is 0 Å². The summed E-state index contributed by atoms with van der Waals surface area (Å²) in [4.78, 5) is 40.4. The Hall–Kier alpha value is -2.37. The number of hydrogen-bond acceptors (Lipinski definition) is 3. The zero-order chi connectivity index (χ0) is 20.6. The first kappa shape index (κ1) is 20.9. The maximum Gasteiger partial charge on any atom is 0.332 e. The number of carbonyl (C=O) groups excluding carboxylic acids is 3. The fourth-order valence-corrected chi connectivity index (χ4v) is 3.84. The first-order chi connectivity index (χ1) is 12.3. The van der Waals surface area contributed by atoms with Gasteiger partial charge < -0.3 is 5.32 Å². The molecule has 27 heavy (non-hydrogen) atoms. The SMILES string of the molecule is Cc1ccc(N2C(=O)N(CC(=O)NC(C)(C)CC(C)(C)C)C(=O)[C@@H]2C)cc1. The van der Waals surface area contributed by atoms with E-state index in [0.717, 1.165) is 16.9 Å². The number of nitrogens with one attached hydrogen (secondary N) is 1. The first-order valence-corrected chi connectivity index (χ1v) is 9.33. The second-order valence-electron chi connectivity index (χ2n) is 9.26. The van der Waals surface area contributed by atoms with Crippen LogP contribution in [-0.4, -0.2) is 40.9 Å². The molecule has 1 fully saturated rings. The van der Waals surface area contributed by atoms with Crippen LogP contribution in [0.4, 0.5) is 10.5 Å². The van der Waals surface area contributed by atoms with E-state index in [0.29, 0.717) is 5.69 Å². The quantitative estimate of drug-likeness (QED) is 0.803. The number of imide groups is 1. The highest BCUT2D eigenvalue weighted by molar-refractivity contribution is 6.15. The average molecular weight is 373 g/mol. The van der Waals surface area contributed by atoms with Crippen molar-refractivity contribution in [3.05, 3.63) is 29.8 Å². The van der Waals surface area contributed by atoms with E-state index < -0.39 is 17.6 Å². The van der Waals surface area contributed by atoms with Crippen LogP contribution >= 0.6 is 0 Å². The summed E-state index contributed by atoms with van der Waals surface area (Å²) < 4.78 is 0. The smallest absolute Gasteiger partial charge is 0.332 e. The Balaban J connectivity index is 2.10. The molecule has 4 amide bonds. The van der Waals surface area contributed by atoms with Gasteiger partial charge in [0.1, 0.15) is 12.6 Å². The van der Waals surface area contributed by atoms with Crippen molar-refractivity contribution in [1.82, 2.24) is 10.2 Å². The lowest BCUT2D eigenvalue weighted by molar-refractivity contribution is -0.132. The van der Waals surface area contributed by atoms with Crippen molar-refractivity contribution in [1.29, 1.82) is 0 Å². The van der Waals surface area contributed by atoms with Crippen molar-refractivity contribution >= 4 is 23.5 Å². The molecule has 1 aromatic carbocycles. The van der Waals surface area contributed by atoms with Gasteiger partial charge in [-0.3, -0.25) is 19.4 Å². The lowest BCUT2D eigenvalue weighted by atomic mass is 9.82. The van der Waals surface area contributed by atoms with E-state index in [1.54, 1.807) is 6.92 Å². The molecule has 1 aromatic rings. The minimum absolute atomic E-state index is 0.0484. The summed E-state index contributed by atoms with van der Waals surface area (Å²) in [5.41, 5.74) is 1.35. The topological polar surface area (TPSA) is 69.7 Å². The van der Waals surface area contributed by atoms with E-state index in [-0.39, 0.29) is 23.8 Å². The number of amides is 4. The van der Waals surface area contributed by atoms with Gasteiger partial charge >= 0.3 is 6.03 Å². The molecule has 0 aromatic heterocycles. The predicted octanol–water partition coefficient (Wildman–Crippen LogP) is 3.48. The summed E-state index contributed by atoms with van der Waals surface area (Å²) in [7, 11) is 0. The summed E-state index contributed by atoms with van der Waals surface area (Å²) in [6.45, 7) is 13.6. The molecule has 0 bridgehead atoms. The van der Waals surface area contributed by atoms with Gasteiger partial charge in [0.25, 0.3) is 5.91 Å². The predicted molar refractivity (Wildman–Crippen MR) is 107 cm³/mol. The van der Waals surface area contributed by atoms with Crippen molar-refractivity contribution in [3.63, 3.8) is 0 Å². The highest BCUT2D eigenvalue weighted by atomic mass is 16.2. The highest BCUT2D eigenvalue weighted by Crippen LogP contribution is 2.28. The van der Waals surface area contributed by atoms with Crippen molar-refractivity contribution < 1.29 is 14.4 Å². The van der Waals surface area contributed by atoms with Crippen LogP contribution < -0.4 is 10.2 Å². The van der Waals surface area contributed by atoms with Crippen LogP contribution in [0.5, 0.6) is 0 Å². The molecule has 148 valence electrons. The Labute approximate surface area is 161 Å². The minimum Gasteiger partial charge on any atom is -0.350 e. The second kappa shape index (κ2) is 7.33. The number of hydrogen-bond donors (Lipinski definition) is 1. The van der Waals surface area contributed by atoms with Gasteiger partial charge in [0.05, 0.1) is 0 Å². The highest BCUT2D eigenvalue weighted by Gasteiger charge is 2.44. The number of urea groups is 1. The molecule has 6 heteroatoms. The molecular weight excluding hydrogens is 342 g/mol.